The Kier molecular flexibility index (Phi) is 5.26. The zero-order valence-electron chi connectivity index (χ0n) is 17.4. The molecule has 1 atom stereocenters. The van der Waals surface area contributed by atoms with E-state index in [4.69, 9.17) is 14.5 Å². The number of nitrogens with zero attached hydrogens (tertiary/aromatic N) is 3. The quantitative estimate of drug-likeness (QED) is 0.638. The summed E-state index contributed by atoms with van der Waals surface area (Å²) in [5.41, 5.74) is 4.47. The Hall–Kier alpha value is -3.45. The van der Waals surface area contributed by atoms with Gasteiger partial charge in [0.2, 0.25) is 5.95 Å². The molecule has 0 radical (unpaired) electrons. The summed E-state index contributed by atoms with van der Waals surface area (Å²) in [6, 6.07) is 18.5. The fourth-order valence-electron chi connectivity index (χ4n) is 3.91. The van der Waals surface area contributed by atoms with Crippen LogP contribution in [0.15, 0.2) is 54.6 Å². The summed E-state index contributed by atoms with van der Waals surface area (Å²) in [5.74, 6) is 0.757. The molecule has 2 aliphatic rings. The monoisotopic (exact) mass is 416 g/mol. The third-order valence-electron chi connectivity index (χ3n) is 5.65. The van der Waals surface area contributed by atoms with Gasteiger partial charge in [0.05, 0.1) is 24.8 Å². The standard InChI is InChI=1S/C24H24N4O3/c1-16-7-9-18(10-8-16)20(17-5-3-2-4-6-17)25-22-19-15-31-23(29)21(19)26-24(27-22)28-11-13-30-14-12-28/h2-10,20H,11-15H2,1H3,(H,25,26,27). The first-order valence-corrected chi connectivity index (χ1v) is 10.5. The van der Waals surface area contributed by atoms with E-state index in [1.54, 1.807) is 0 Å². The van der Waals surface area contributed by atoms with E-state index in [1.165, 1.54) is 5.56 Å². The highest BCUT2D eigenvalue weighted by Crippen LogP contribution is 2.32. The number of nitrogens with one attached hydrogen (secondary N) is 1. The van der Waals surface area contributed by atoms with E-state index in [2.05, 4.69) is 53.6 Å². The summed E-state index contributed by atoms with van der Waals surface area (Å²) < 4.78 is 10.7. The lowest BCUT2D eigenvalue weighted by molar-refractivity contribution is 0.0531. The number of hydrogen-bond donors (Lipinski definition) is 1. The summed E-state index contributed by atoms with van der Waals surface area (Å²) in [6.45, 7) is 4.85. The Morgan fingerprint density at radius 1 is 0.968 bits per heavy atom. The largest absolute Gasteiger partial charge is 0.456 e. The SMILES string of the molecule is Cc1ccc(C(Nc2nc(N3CCOCC3)nc3c2COC3=O)c2ccccc2)cc1. The molecule has 158 valence electrons. The summed E-state index contributed by atoms with van der Waals surface area (Å²) in [6.07, 6.45) is 0. The minimum Gasteiger partial charge on any atom is -0.456 e. The molecule has 0 aliphatic carbocycles. The van der Waals surface area contributed by atoms with E-state index in [-0.39, 0.29) is 12.6 Å². The molecule has 3 heterocycles. The van der Waals surface area contributed by atoms with Crippen molar-refractivity contribution in [3.63, 3.8) is 0 Å². The second-order valence-corrected chi connectivity index (χ2v) is 7.77. The first kappa shape index (κ1) is 19.5. The molecule has 31 heavy (non-hydrogen) atoms. The zero-order chi connectivity index (χ0) is 21.2. The fourth-order valence-corrected chi connectivity index (χ4v) is 3.91. The fraction of sp³-hybridized carbons (Fsp3) is 0.292. The number of benzene rings is 2. The number of morpholine rings is 1. The van der Waals surface area contributed by atoms with Crippen LogP contribution in [0.2, 0.25) is 0 Å². The van der Waals surface area contributed by atoms with Crippen LogP contribution in [0, 0.1) is 6.92 Å². The summed E-state index contributed by atoms with van der Waals surface area (Å²) >= 11 is 0. The molecule has 5 rings (SSSR count). The maximum atomic E-state index is 12.3. The molecule has 7 heteroatoms. The van der Waals surface area contributed by atoms with Crippen molar-refractivity contribution in [2.24, 2.45) is 0 Å². The van der Waals surface area contributed by atoms with Crippen LogP contribution in [0.5, 0.6) is 0 Å². The molecule has 1 N–H and O–H groups in total. The highest BCUT2D eigenvalue weighted by molar-refractivity contribution is 5.93. The average molecular weight is 416 g/mol. The smallest absolute Gasteiger partial charge is 0.357 e. The van der Waals surface area contributed by atoms with E-state index in [9.17, 15) is 4.79 Å². The van der Waals surface area contributed by atoms with E-state index >= 15 is 0 Å². The van der Waals surface area contributed by atoms with Gasteiger partial charge in [0.15, 0.2) is 5.69 Å². The number of rotatable bonds is 5. The number of hydrogen-bond acceptors (Lipinski definition) is 7. The molecule has 2 aliphatic heterocycles. The van der Waals surface area contributed by atoms with Gasteiger partial charge in [0.1, 0.15) is 12.4 Å². The van der Waals surface area contributed by atoms with Crippen molar-refractivity contribution in [2.45, 2.75) is 19.6 Å². The number of anilines is 2. The molecule has 0 saturated carbocycles. The molecule has 3 aromatic rings. The number of aromatic nitrogens is 2. The molecule has 1 unspecified atom stereocenters. The first-order valence-electron chi connectivity index (χ1n) is 10.5. The number of esters is 1. The minimum absolute atomic E-state index is 0.131. The van der Waals surface area contributed by atoms with Gasteiger partial charge in [-0.15, -0.1) is 0 Å². The van der Waals surface area contributed by atoms with Gasteiger partial charge >= 0.3 is 5.97 Å². The molecule has 0 bridgehead atoms. The number of ether oxygens (including phenoxy) is 2. The molecule has 1 aromatic heterocycles. The number of carbonyl (C=O) groups excluding carboxylic acids is 1. The van der Waals surface area contributed by atoms with Crippen LogP contribution in [0.1, 0.15) is 38.8 Å². The van der Waals surface area contributed by atoms with Crippen LogP contribution in [0.3, 0.4) is 0 Å². The maximum Gasteiger partial charge on any atom is 0.357 e. The van der Waals surface area contributed by atoms with Crippen molar-refractivity contribution >= 4 is 17.7 Å². The zero-order valence-corrected chi connectivity index (χ0v) is 17.4. The molecule has 1 fully saturated rings. The van der Waals surface area contributed by atoms with Gasteiger partial charge in [0.25, 0.3) is 0 Å². The Morgan fingerprint density at radius 2 is 1.68 bits per heavy atom. The minimum atomic E-state index is -0.401. The number of aryl methyl sites for hydroxylation is 1. The topological polar surface area (TPSA) is 76.6 Å². The van der Waals surface area contributed by atoms with Crippen molar-refractivity contribution in [3.05, 3.63) is 82.5 Å². The summed E-state index contributed by atoms with van der Waals surface area (Å²) in [4.78, 5) is 23.7. The summed E-state index contributed by atoms with van der Waals surface area (Å²) in [5, 5.41) is 3.59. The molecule has 0 amide bonds. The number of carbonyl (C=O) groups is 1. The first-order chi connectivity index (χ1) is 15.2. The maximum absolute atomic E-state index is 12.3. The van der Waals surface area contributed by atoms with Gasteiger partial charge in [0, 0.05) is 13.1 Å². The Bertz CT molecular complexity index is 1080. The Morgan fingerprint density at radius 3 is 2.42 bits per heavy atom. The predicted molar refractivity (Wildman–Crippen MR) is 117 cm³/mol. The number of fused-ring (bicyclic) bond motifs is 1. The van der Waals surface area contributed by atoms with Crippen LogP contribution < -0.4 is 10.2 Å². The van der Waals surface area contributed by atoms with E-state index in [1.807, 2.05) is 23.1 Å². The van der Waals surface area contributed by atoms with Gasteiger partial charge in [-0.25, -0.2) is 9.78 Å². The molecule has 0 spiro atoms. The second-order valence-electron chi connectivity index (χ2n) is 7.77. The highest BCUT2D eigenvalue weighted by atomic mass is 16.5. The van der Waals surface area contributed by atoms with Gasteiger partial charge in [-0.2, -0.15) is 4.98 Å². The van der Waals surface area contributed by atoms with Gasteiger partial charge < -0.3 is 19.7 Å². The normalized spacial score (nSPS) is 16.5. The molecule has 2 aromatic carbocycles. The van der Waals surface area contributed by atoms with Crippen LogP contribution in [0.4, 0.5) is 11.8 Å². The molecular weight excluding hydrogens is 392 g/mol. The van der Waals surface area contributed by atoms with Crippen molar-refractivity contribution in [1.29, 1.82) is 0 Å². The van der Waals surface area contributed by atoms with Gasteiger partial charge in [-0.3, -0.25) is 0 Å². The van der Waals surface area contributed by atoms with E-state index < -0.39 is 5.97 Å². The van der Waals surface area contributed by atoms with Crippen molar-refractivity contribution in [2.75, 3.05) is 36.5 Å². The number of cyclic esters (lactones) is 1. The lowest BCUT2D eigenvalue weighted by atomic mass is 9.97. The van der Waals surface area contributed by atoms with Crippen LogP contribution >= 0.6 is 0 Å². The predicted octanol–water partition coefficient (Wildman–Crippen LogP) is 3.49. The highest BCUT2D eigenvalue weighted by Gasteiger charge is 2.31. The molecular formula is C24H24N4O3. The van der Waals surface area contributed by atoms with Gasteiger partial charge in [-0.1, -0.05) is 60.2 Å². The van der Waals surface area contributed by atoms with Crippen molar-refractivity contribution in [1.82, 2.24) is 9.97 Å². The molecule has 1 saturated heterocycles. The van der Waals surface area contributed by atoms with Gasteiger partial charge in [-0.05, 0) is 18.1 Å². The molecule has 7 nitrogen and oxygen atoms in total. The third kappa shape index (κ3) is 3.96. The van der Waals surface area contributed by atoms with Crippen molar-refractivity contribution < 1.29 is 14.3 Å². The van der Waals surface area contributed by atoms with Crippen LogP contribution in [0.25, 0.3) is 0 Å². The average Bonchev–Trinajstić information content (AvgIpc) is 3.20. The second kappa shape index (κ2) is 8.35. The van der Waals surface area contributed by atoms with Crippen LogP contribution in [-0.2, 0) is 16.1 Å². The summed E-state index contributed by atoms with van der Waals surface area (Å²) in [7, 11) is 0. The Balaban J connectivity index is 1.57. The van der Waals surface area contributed by atoms with Crippen molar-refractivity contribution in [3.8, 4) is 0 Å². The van der Waals surface area contributed by atoms with E-state index in [0.29, 0.717) is 49.3 Å². The Labute approximate surface area is 181 Å². The van der Waals surface area contributed by atoms with E-state index in [0.717, 1.165) is 11.1 Å². The lowest BCUT2D eigenvalue weighted by Crippen LogP contribution is -2.37. The third-order valence-corrected chi connectivity index (χ3v) is 5.65. The lowest BCUT2D eigenvalue weighted by Gasteiger charge is -2.28. The van der Waals surface area contributed by atoms with Crippen LogP contribution in [-0.4, -0.2) is 42.2 Å².